The molecule has 2 heteroatoms. The van der Waals surface area contributed by atoms with Crippen molar-refractivity contribution in [3.8, 4) is 0 Å². The van der Waals surface area contributed by atoms with Crippen LogP contribution in [-0.4, -0.2) is 17.4 Å². The van der Waals surface area contributed by atoms with Crippen molar-refractivity contribution in [2.45, 2.75) is 46.0 Å². The van der Waals surface area contributed by atoms with Gasteiger partial charge in [0.05, 0.1) is 0 Å². The summed E-state index contributed by atoms with van der Waals surface area (Å²) in [5, 5.41) is 0. The van der Waals surface area contributed by atoms with Crippen molar-refractivity contribution < 1.29 is 0 Å². The molecule has 1 atom stereocenters. The molecule has 0 rings (SSSR count). The molecule has 0 saturated carbocycles. The van der Waals surface area contributed by atoms with Crippen LogP contribution >= 0.6 is 23.4 Å². The van der Waals surface area contributed by atoms with E-state index in [1.54, 1.807) is 0 Å². The predicted octanol–water partition coefficient (Wildman–Crippen LogP) is 4.56. The molecule has 0 radical (unpaired) electrons. The van der Waals surface area contributed by atoms with E-state index in [0.29, 0.717) is 5.92 Å². The van der Waals surface area contributed by atoms with Crippen LogP contribution in [0, 0.1) is 5.92 Å². The molecule has 0 aliphatic rings. The normalized spacial score (nSPS) is 13.2. The zero-order valence-corrected chi connectivity index (χ0v) is 10.6. The molecular formula is C11H23ClS. The van der Waals surface area contributed by atoms with E-state index in [1.807, 2.05) is 0 Å². The maximum absolute atomic E-state index is 5.72. The zero-order valence-electron chi connectivity index (χ0n) is 9.02. The summed E-state index contributed by atoms with van der Waals surface area (Å²) in [5.41, 5.74) is 0. The first-order valence-electron chi connectivity index (χ1n) is 5.45. The van der Waals surface area contributed by atoms with Gasteiger partial charge in [0.25, 0.3) is 0 Å². The van der Waals surface area contributed by atoms with Gasteiger partial charge >= 0.3 is 0 Å². The largest absolute Gasteiger partial charge is 0.162 e. The van der Waals surface area contributed by atoms with Gasteiger partial charge in [-0.05, 0) is 23.8 Å². The minimum absolute atomic E-state index is 0.683. The third-order valence-corrected chi connectivity index (χ3v) is 3.97. The van der Waals surface area contributed by atoms with Crippen molar-refractivity contribution in [1.29, 1.82) is 0 Å². The molecule has 0 aromatic heterocycles. The van der Waals surface area contributed by atoms with Crippen LogP contribution in [0.5, 0.6) is 0 Å². The molecule has 0 N–H and O–H groups in total. The van der Waals surface area contributed by atoms with Gasteiger partial charge in [0, 0.05) is 5.88 Å². The van der Waals surface area contributed by atoms with E-state index in [1.165, 1.54) is 43.6 Å². The second-order valence-corrected chi connectivity index (χ2v) is 5.21. The number of hydrogen-bond acceptors (Lipinski definition) is 1. The Hall–Kier alpha value is 0.640. The van der Waals surface area contributed by atoms with E-state index in [0.717, 1.165) is 5.88 Å². The number of thioether (sulfide) groups is 1. The minimum Gasteiger partial charge on any atom is -0.162 e. The van der Waals surface area contributed by atoms with Crippen LogP contribution in [0.1, 0.15) is 46.0 Å². The second-order valence-electron chi connectivity index (χ2n) is 3.75. The number of rotatable bonds is 9. The summed E-state index contributed by atoms with van der Waals surface area (Å²) in [6.07, 6.45) is 6.97. The molecule has 0 heterocycles. The van der Waals surface area contributed by atoms with Crippen LogP contribution in [0.2, 0.25) is 0 Å². The Morgan fingerprint density at radius 1 is 1.15 bits per heavy atom. The first-order chi connectivity index (χ1) is 6.31. The smallest absolute Gasteiger partial charge is 0.0257 e. The number of halogens is 1. The number of unbranched alkanes of at least 4 members (excludes halogenated alkanes) is 4. The minimum atomic E-state index is 0.683. The third-order valence-electron chi connectivity index (χ3n) is 2.06. The summed E-state index contributed by atoms with van der Waals surface area (Å²) >= 11 is 7.78. The van der Waals surface area contributed by atoms with E-state index in [4.69, 9.17) is 11.6 Å². The van der Waals surface area contributed by atoms with E-state index in [9.17, 15) is 0 Å². The van der Waals surface area contributed by atoms with Crippen LogP contribution in [0.15, 0.2) is 0 Å². The fourth-order valence-electron chi connectivity index (χ4n) is 1.14. The Balaban J connectivity index is 2.91. The van der Waals surface area contributed by atoms with Crippen LogP contribution in [-0.2, 0) is 0 Å². The van der Waals surface area contributed by atoms with E-state index < -0.39 is 0 Å². The van der Waals surface area contributed by atoms with Crippen molar-refractivity contribution in [3.63, 3.8) is 0 Å². The van der Waals surface area contributed by atoms with Crippen LogP contribution in [0.25, 0.3) is 0 Å². The summed E-state index contributed by atoms with van der Waals surface area (Å²) in [6, 6.07) is 0. The van der Waals surface area contributed by atoms with E-state index in [2.05, 4.69) is 25.6 Å². The third kappa shape index (κ3) is 10.6. The molecule has 0 spiro atoms. The van der Waals surface area contributed by atoms with E-state index in [-0.39, 0.29) is 0 Å². The fourth-order valence-corrected chi connectivity index (χ4v) is 2.47. The van der Waals surface area contributed by atoms with Crippen LogP contribution in [0.3, 0.4) is 0 Å². The van der Waals surface area contributed by atoms with Crippen molar-refractivity contribution in [2.75, 3.05) is 17.4 Å². The van der Waals surface area contributed by atoms with Gasteiger partial charge in [-0.2, -0.15) is 11.8 Å². The molecule has 0 aromatic carbocycles. The molecule has 0 aromatic rings. The van der Waals surface area contributed by atoms with Crippen LogP contribution < -0.4 is 0 Å². The Kier molecular flexibility index (Phi) is 11.2. The molecule has 0 saturated heterocycles. The zero-order chi connectivity index (χ0) is 9.94. The van der Waals surface area contributed by atoms with Gasteiger partial charge in [-0.15, -0.1) is 11.6 Å². The first kappa shape index (κ1) is 13.6. The average Bonchev–Trinajstić information content (AvgIpc) is 2.16. The van der Waals surface area contributed by atoms with Crippen molar-refractivity contribution >= 4 is 23.4 Å². The van der Waals surface area contributed by atoms with Crippen molar-refractivity contribution in [3.05, 3.63) is 0 Å². The van der Waals surface area contributed by atoms with Gasteiger partial charge in [-0.1, -0.05) is 39.5 Å². The molecule has 1 unspecified atom stereocenters. The van der Waals surface area contributed by atoms with Gasteiger partial charge < -0.3 is 0 Å². The van der Waals surface area contributed by atoms with E-state index >= 15 is 0 Å². The molecule has 0 bridgehead atoms. The Bertz CT molecular complexity index is 96.1. The predicted molar refractivity (Wildman–Crippen MR) is 66.0 cm³/mol. The topological polar surface area (TPSA) is 0 Å². The number of hydrogen-bond donors (Lipinski definition) is 0. The SMILES string of the molecule is CCCCCCCSCC(C)CCl. The number of alkyl halides is 1. The molecule has 0 nitrogen and oxygen atoms in total. The molecule has 0 amide bonds. The second kappa shape index (κ2) is 10.7. The summed E-state index contributed by atoms with van der Waals surface area (Å²) in [5.74, 6) is 4.05. The van der Waals surface area contributed by atoms with Crippen LogP contribution in [0.4, 0.5) is 0 Å². The standard InChI is InChI=1S/C11H23ClS/c1-3-4-5-6-7-8-13-10-11(2)9-12/h11H,3-10H2,1-2H3. The van der Waals surface area contributed by atoms with Gasteiger partial charge in [0.2, 0.25) is 0 Å². The molecule has 0 fully saturated rings. The maximum Gasteiger partial charge on any atom is 0.0257 e. The van der Waals surface area contributed by atoms with Gasteiger partial charge in [-0.3, -0.25) is 0 Å². The monoisotopic (exact) mass is 222 g/mol. The molecule has 80 valence electrons. The summed E-state index contributed by atoms with van der Waals surface area (Å²) < 4.78 is 0. The average molecular weight is 223 g/mol. The van der Waals surface area contributed by atoms with Crippen molar-refractivity contribution in [1.82, 2.24) is 0 Å². The molecule has 13 heavy (non-hydrogen) atoms. The Morgan fingerprint density at radius 2 is 1.85 bits per heavy atom. The van der Waals surface area contributed by atoms with Gasteiger partial charge in [0.1, 0.15) is 0 Å². The van der Waals surface area contributed by atoms with Crippen molar-refractivity contribution in [2.24, 2.45) is 5.92 Å². The fraction of sp³-hybridized carbons (Fsp3) is 1.00. The summed E-state index contributed by atoms with van der Waals surface area (Å²) in [7, 11) is 0. The highest BCUT2D eigenvalue weighted by Gasteiger charge is 1.98. The van der Waals surface area contributed by atoms with Gasteiger partial charge in [0.15, 0.2) is 0 Å². The Morgan fingerprint density at radius 3 is 2.46 bits per heavy atom. The maximum atomic E-state index is 5.72. The molecular weight excluding hydrogens is 200 g/mol. The molecule has 0 aliphatic heterocycles. The van der Waals surface area contributed by atoms with Gasteiger partial charge in [-0.25, -0.2) is 0 Å². The first-order valence-corrected chi connectivity index (χ1v) is 7.13. The lowest BCUT2D eigenvalue weighted by molar-refractivity contribution is 0.658. The molecule has 0 aliphatic carbocycles. The lowest BCUT2D eigenvalue weighted by atomic mass is 10.2. The summed E-state index contributed by atoms with van der Waals surface area (Å²) in [4.78, 5) is 0. The summed E-state index contributed by atoms with van der Waals surface area (Å²) in [6.45, 7) is 4.48. The highest BCUT2D eigenvalue weighted by Crippen LogP contribution is 2.13. The lowest BCUT2D eigenvalue weighted by Gasteiger charge is -2.06. The Labute approximate surface area is 92.8 Å². The highest BCUT2D eigenvalue weighted by atomic mass is 35.5. The quantitative estimate of drug-likeness (QED) is 0.407. The highest BCUT2D eigenvalue weighted by molar-refractivity contribution is 7.99. The lowest BCUT2D eigenvalue weighted by Crippen LogP contribution is -1.99.